The second kappa shape index (κ2) is 7.24. The molecule has 4 aromatic carbocycles. The van der Waals surface area contributed by atoms with Gasteiger partial charge in [0.05, 0.1) is 0 Å². The fourth-order valence-electron chi connectivity index (χ4n) is 3.59. The van der Waals surface area contributed by atoms with Gasteiger partial charge in [0, 0.05) is 0 Å². The van der Waals surface area contributed by atoms with Crippen LogP contribution < -0.4 is 9.47 Å². The standard InChI is InChI=1S/C26H20O2/c1-2-4-21(5-3-1)23-11-13-24(14-12-23)22-9-6-19(7-10-22)16-20-8-15-25-26(17-20)28-18-27-25/h1-15,17H,16,18H2. The fourth-order valence-corrected chi connectivity index (χ4v) is 3.59. The van der Waals surface area contributed by atoms with Gasteiger partial charge in [-0.2, -0.15) is 0 Å². The summed E-state index contributed by atoms with van der Waals surface area (Å²) in [6.07, 6.45) is 0.879. The molecule has 0 aliphatic carbocycles. The molecule has 0 fully saturated rings. The molecule has 2 heteroatoms. The summed E-state index contributed by atoms with van der Waals surface area (Å²) in [4.78, 5) is 0. The van der Waals surface area contributed by atoms with Crippen LogP contribution >= 0.6 is 0 Å². The predicted molar refractivity (Wildman–Crippen MR) is 113 cm³/mol. The number of benzene rings is 4. The van der Waals surface area contributed by atoms with Crippen LogP contribution in [0, 0.1) is 0 Å². The molecule has 2 nitrogen and oxygen atoms in total. The van der Waals surface area contributed by atoms with Crippen LogP contribution in [0.1, 0.15) is 11.1 Å². The molecule has 1 aliphatic heterocycles. The van der Waals surface area contributed by atoms with Crippen molar-refractivity contribution in [3.8, 4) is 33.8 Å². The minimum absolute atomic E-state index is 0.316. The van der Waals surface area contributed by atoms with Crippen molar-refractivity contribution >= 4 is 0 Å². The molecule has 1 heterocycles. The van der Waals surface area contributed by atoms with E-state index < -0.39 is 0 Å². The first-order valence-corrected chi connectivity index (χ1v) is 9.48. The summed E-state index contributed by atoms with van der Waals surface area (Å²) >= 11 is 0. The van der Waals surface area contributed by atoms with Crippen molar-refractivity contribution < 1.29 is 9.47 Å². The van der Waals surface area contributed by atoms with Crippen LogP contribution in [0.4, 0.5) is 0 Å². The molecule has 0 atom stereocenters. The Bertz CT molecular complexity index is 1080. The minimum atomic E-state index is 0.316. The average Bonchev–Trinajstić information content (AvgIpc) is 3.23. The fraction of sp³-hybridized carbons (Fsp3) is 0.0769. The number of fused-ring (bicyclic) bond motifs is 1. The quantitative estimate of drug-likeness (QED) is 0.421. The van der Waals surface area contributed by atoms with E-state index in [0.717, 1.165) is 17.9 Å². The lowest BCUT2D eigenvalue weighted by Gasteiger charge is -2.07. The van der Waals surface area contributed by atoms with E-state index in [0.29, 0.717) is 6.79 Å². The monoisotopic (exact) mass is 364 g/mol. The maximum Gasteiger partial charge on any atom is 0.231 e. The smallest absolute Gasteiger partial charge is 0.231 e. The number of hydrogen-bond acceptors (Lipinski definition) is 2. The van der Waals surface area contributed by atoms with E-state index in [1.807, 2.05) is 12.1 Å². The summed E-state index contributed by atoms with van der Waals surface area (Å²) in [5.74, 6) is 1.67. The van der Waals surface area contributed by atoms with Crippen LogP contribution in [0.3, 0.4) is 0 Å². The Morgan fingerprint density at radius 3 is 1.71 bits per heavy atom. The molecule has 0 radical (unpaired) electrons. The van der Waals surface area contributed by atoms with Crippen molar-refractivity contribution in [1.82, 2.24) is 0 Å². The van der Waals surface area contributed by atoms with Gasteiger partial charge in [-0.1, -0.05) is 84.9 Å². The van der Waals surface area contributed by atoms with Gasteiger partial charge in [0.15, 0.2) is 11.5 Å². The highest BCUT2D eigenvalue weighted by atomic mass is 16.7. The molecule has 4 aromatic rings. The second-order valence-electron chi connectivity index (χ2n) is 7.00. The Hall–Kier alpha value is -3.52. The van der Waals surface area contributed by atoms with Gasteiger partial charge in [-0.25, -0.2) is 0 Å². The van der Waals surface area contributed by atoms with Gasteiger partial charge in [-0.05, 0) is 51.9 Å². The van der Waals surface area contributed by atoms with Crippen molar-refractivity contribution in [2.45, 2.75) is 6.42 Å². The van der Waals surface area contributed by atoms with E-state index in [1.54, 1.807) is 0 Å². The maximum absolute atomic E-state index is 5.47. The second-order valence-corrected chi connectivity index (χ2v) is 7.00. The van der Waals surface area contributed by atoms with Crippen molar-refractivity contribution in [2.24, 2.45) is 0 Å². The molecular weight excluding hydrogens is 344 g/mol. The van der Waals surface area contributed by atoms with Gasteiger partial charge in [-0.3, -0.25) is 0 Å². The third-order valence-corrected chi connectivity index (χ3v) is 5.12. The Morgan fingerprint density at radius 1 is 0.500 bits per heavy atom. The topological polar surface area (TPSA) is 18.5 Å². The first-order valence-electron chi connectivity index (χ1n) is 9.48. The third-order valence-electron chi connectivity index (χ3n) is 5.12. The number of ether oxygens (including phenoxy) is 2. The molecule has 28 heavy (non-hydrogen) atoms. The van der Waals surface area contributed by atoms with Gasteiger partial charge >= 0.3 is 0 Å². The molecule has 0 unspecified atom stereocenters. The summed E-state index contributed by atoms with van der Waals surface area (Å²) in [6.45, 7) is 0.316. The zero-order valence-corrected chi connectivity index (χ0v) is 15.5. The highest BCUT2D eigenvalue weighted by Crippen LogP contribution is 2.33. The van der Waals surface area contributed by atoms with Gasteiger partial charge in [0.25, 0.3) is 0 Å². The lowest BCUT2D eigenvalue weighted by atomic mass is 9.98. The molecular formula is C26H20O2. The van der Waals surface area contributed by atoms with Crippen LogP contribution in [0.2, 0.25) is 0 Å². The van der Waals surface area contributed by atoms with Crippen molar-refractivity contribution in [3.63, 3.8) is 0 Å². The number of hydrogen-bond donors (Lipinski definition) is 0. The SMILES string of the molecule is c1ccc(-c2ccc(-c3ccc(Cc4ccc5c(c4)OCO5)cc3)cc2)cc1. The molecule has 5 rings (SSSR count). The molecule has 0 N–H and O–H groups in total. The summed E-state index contributed by atoms with van der Waals surface area (Å²) in [7, 11) is 0. The predicted octanol–water partition coefficient (Wildman–Crippen LogP) is 6.34. The van der Waals surface area contributed by atoms with E-state index in [4.69, 9.17) is 9.47 Å². The Morgan fingerprint density at radius 2 is 1.04 bits per heavy atom. The zero-order valence-electron chi connectivity index (χ0n) is 15.5. The lowest BCUT2D eigenvalue weighted by molar-refractivity contribution is 0.174. The van der Waals surface area contributed by atoms with Gasteiger partial charge in [0.1, 0.15) is 0 Å². The summed E-state index contributed by atoms with van der Waals surface area (Å²) < 4.78 is 10.9. The molecule has 0 saturated heterocycles. The largest absolute Gasteiger partial charge is 0.454 e. The summed E-state index contributed by atoms with van der Waals surface area (Å²) in [5, 5.41) is 0. The van der Waals surface area contributed by atoms with Crippen LogP contribution in [-0.4, -0.2) is 6.79 Å². The normalized spacial score (nSPS) is 12.1. The van der Waals surface area contributed by atoms with E-state index in [9.17, 15) is 0 Å². The van der Waals surface area contributed by atoms with Crippen LogP contribution in [0.15, 0.2) is 97.1 Å². The minimum Gasteiger partial charge on any atom is -0.454 e. The van der Waals surface area contributed by atoms with E-state index in [2.05, 4.69) is 84.9 Å². The highest BCUT2D eigenvalue weighted by molar-refractivity contribution is 5.70. The molecule has 136 valence electrons. The van der Waals surface area contributed by atoms with E-state index >= 15 is 0 Å². The number of rotatable bonds is 4. The first-order chi connectivity index (χ1) is 13.8. The third kappa shape index (κ3) is 3.37. The van der Waals surface area contributed by atoms with Crippen LogP contribution in [0.5, 0.6) is 11.5 Å². The van der Waals surface area contributed by atoms with Crippen LogP contribution in [0.25, 0.3) is 22.3 Å². The Balaban J connectivity index is 1.32. The average molecular weight is 364 g/mol. The summed E-state index contributed by atoms with van der Waals surface area (Å²) in [6, 6.07) is 34.2. The van der Waals surface area contributed by atoms with Crippen molar-refractivity contribution in [3.05, 3.63) is 108 Å². The van der Waals surface area contributed by atoms with Gasteiger partial charge in [0.2, 0.25) is 6.79 Å². The van der Waals surface area contributed by atoms with Gasteiger partial charge < -0.3 is 9.47 Å². The zero-order chi connectivity index (χ0) is 18.8. The molecule has 0 aromatic heterocycles. The molecule has 0 bridgehead atoms. The molecule has 0 amide bonds. The van der Waals surface area contributed by atoms with E-state index in [-0.39, 0.29) is 0 Å². The molecule has 0 spiro atoms. The lowest BCUT2D eigenvalue weighted by Crippen LogP contribution is -1.93. The molecule has 0 saturated carbocycles. The molecule has 1 aliphatic rings. The Labute approximate surface area is 165 Å². The Kier molecular flexibility index (Phi) is 4.30. The van der Waals surface area contributed by atoms with Crippen molar-refractivity contribution in [2.75, 3.05) is 6.79 Å². The highest BCUT2D eigenvalue weighted by Gasteiger charge is 2.13. The van der Waals surface area contributed by atoms with Crippen LogP contribution in [-0.2, 0) is 6.42 Å². The first kappa shape index (κ1) is 16.6. The van der Waals surface area contributed by atoms with Crippen molar-refractivity contribution in [1.29, 1.82) is 0 Å². The summed E-state index contributed by atoms with van der Waals surface area (Å²) in [5.41, 5.74) is 7.45. The van der Waals surface area contributed by atoms with E-state index in [1.165, 1.54) is 33.4 Å². The van der Waals surface area contributed by atoms with Gasteiger partial charge in [-0.15, -0.1) is 0 Å². The maximum atomic E-state index is 5.47.